The molecule has 6 nitrogen and oxygen atoms in total. The van der Waals surface area contributed by atoms with Crippen LogP contribution >= 0.6 is 0 Å². The number of halogens is 2. The summed E-state index contributed by atoms with van der Waals surface area (Å²) in [7, 11) is 1.69. The van der Waals surface area contributed by atoms with E-state index in [1.807, 2.05) is 24.5 Å². The molecule has 0 aliphatic carbocycles. The van der Waals surface area contributed by atoms with Crippen LogP contribution < -0.4 is 20.1 Å². The minimum atomic E-state index is -2.89. The molecule has 1 aromatic heterocycles. The average molecular weight is 366 g/mol. The van der Waals surface area contributed by atoms with Gasteiger partial charge in [0.25, 0.3) is 0 Å². The molecular formula is C18H24F2N4O2. The lowest BCUT2D eigenvalue weighted by atomic mass is 10.2. The molecule has 0 bridgehead atoms. The molecule has 0 fully saturated rings. The van der Waals surface area contributed by atoms with E-state index in [9.17, 15) is 8.78 Å². The topological polar surface area (TPSA) is 59.8 Å². The van der Waals surface area contributed by atoms with Gasteiger partial charge in [0, 0.05) is 39.1 Å². The van der Waals surface area contributed by atoms with Crippen molar-refractivity contribution in [2.75, 3.05) is 20.2 Å². The van der Waals surface area contributed by atoms with Crippen LogP contribution in [-0.2, 0) is 13.1 Å². The van der Waals surface area contributed by atoms with Crippen LogP contribution in [0.5, 0.6) is 11.5 Å². The highest BCUT2D eigenvalue weighted by molar-refractivity contribution is 5.79. The molecular weight excluding hydrogens is 342 g/mol. The lowest BCUT2D eigenvalue weighted by Crippen LogP contribution is -2.38. The maximum atomic E-state index is 12.4. The molecule has 0 atom stereocenters. The number of aliphatic imine (C=N–C) groups is 1. The van der Waals surface area contributed by atoms with Gasteiger partial charge in [-0.2, -0.15) is 8.78 Å². The number of nitrogens with one attached hydrogen (secondary N) is 2. The van der Waals surface area contributed by atoms with Crippen LogP contribution in [0.1, 0.15) is 12.5 Å². The second-order valence-corrected chi connectivity index (χ2v) is 5.37. The maximum absolute atomic E-state index is 12.4. The molecule has 2 rings (SSSR count). The fraction of sp³-hybridized carbons (Fsp3) is 0.389. The highest BCUT2D eigenvalue weighted by atomic mass is 19.3. The van der Waals surface area contributed by atoms with Gasteiger partial charge in [-0.05, 0) is 36.8 Å². The van der Waals surface area contributed by atoms with E-state index in [0.29, 0.717) is 24.9 Å². The van der Waals surface area contributed by atoms with Gasteiger partial charge in [-0.15, -0.1) is 0 Å². The molecule has 142 valence electrons. The number of hydrogen-bond donors (Lipinski definition) is 2. The zero-order valence-electron chi connectivity index (χ0n) is 14.9. The number of hydrogen-bond acceptors (Lipinski definition) is 3. The van der Waals surface area contributed by atoms with Crippen LogP contribution in [0.15, 0.2) is 47.7 Å². The van der Waals surface area contributed by atoms with E-state index in [4.69, 9.17) is 4.74 Å². The number of nitrogens with zero attached hydrogens (tertiary/aromatic N) is 2. The molecule has 26 heavy (non-hydrogen) atoms. The molecule has 0 saturated heterocycles. The Morgan fingerprint density at radius 2 is 1.96 bits per heavy atom. The summed E-state index contributed by atoms with van der Waals surface area (Å²) in [5, 5.41) is 6.40. The molecule has 0 unspecified atom stereocenters. The van der Waals surface area contributed by atoms with E-state index in [1.54, 1.807) is 26.1 Å². The van der Waals surface area contributed by atoms with Crippen molar-refractivity contribution in [2.24, 2.45) is 4.99 Å². The van der Waals surface area contributed by atoms with E-state index in [-0.39, 0.29) is 5.75 Å². The molecule has 0 amide bonds. The van der Waals surface area contributed by atoms with E-state index < -0.39 is 6.61 Å². The Labute approximate surface area is 151 Å². The summed E-state index contributed by atoms with van der Waals surface area (Å²) in [5.41, 5.74) is 0.864. The highest BCUT2D eigenvalue weighted by Crippen LogP contribution is 2.29. The third kappa shape index (κ3) is 6.27. The summed E-state index contributed by atoms with van der Waals surface area (Å²) >= 11 is 0. The largest absolute Gasteiger partial charge is 0.490 e. The SMILES string of the molecule is CCOc1cc(CNC(=NC)NCCn2cccc2)ccc1OC(F)F. The number of benzene rings is 1. The van der Waals surface area contributed by atoms with Crippen molar-refractivity contribution in [3.8, 4) is 11.5 Å². The van der Waals surface area contributed by atoms with Gasteiger partial charge in [0.2, 0.25) is 0 Å². The Morgan fingerprint density at radius 1 is 1.19 bits per heavy atom. The van der Waals surface area contributed by atoms with E-state index in [0.717, 1.165) is 18.7 Å². The summed E-state index contributed by atoms with van der Waals surface area (Å²) < 4.78 is 36.8. The lowest BCUT2D eigenvalue weighted by molar-refractivity contribution is -0.0514. The lowest BCUT2D eigenvalue weighted by Gasteiger charge is -2.15. The quantitative estimate of drug-likeness (QED) is 0.529. The monoisotopic (exact) mass is 366 g/mol. The first kappa shape index (κ1) is 19.6. The third-order valence-electron chi connectivity index (χ3n) is 3.54. The van der Waals surface area contributed by atoms with Gasteiger partial charge in [-0.1, -0.05) is 6.07 Å². The molecule has 0 aliphatic heterocycles. The number of rotatable bonds is 9. The zero-order chi connectivity index (χ0) is 18.8. The van der Waals surface area contributed by atoms with Gasteiger partial charge in [0.15, 0.2) is 17.5 Å². The van der Waals surface area contributed by atoms with Crippen molar-refractivity contribution in [1.82, 2.24) is 15.2 Å². The summed E-state index contributed by atoms with van der Waals surface area (Å²) in [4.78, 5) is 4.17. The summed E-state index contributed by atoms with van der Waals surface area (Å²) in [5.74, 6) is 0.977. The Kier molecular flexibility index (Phi) is 7.73. The summed E-state index contributed by atoms with van der Waals surface area (Å²) in [6, 6.07) is 8.83. The van der Waals surface area contributed by atoms with E-state index >= 15 is 0 Å². The summed E-state index contributed by atoms with van der Waals surface area (Å²) in [6.45, 7) is 1.27. The first-order valence-electron chi connectivity index (χ1n) is 8.38. The van der Waals surface area contributed by atoms with Crippen molar-refractivity contribution < 1.29 is 18.3 Å². The van der Waals surface area contributed by atoms with Crippen molar-refractivity contribution in [3.63, 3.8) is 0 Å². The third-order valence-corrected chi connectivity index (χ3v) is 3.54. The Morgan fingerprint density at radius 3 is 2.62 bits per heavy atom. The van der Waals surface area contributed by atoms with Crippen LogP contribution in [0.25, 0.3) is 0 Å². The minimum Gasteiger partial charge on any atom is -0.490 e. The molecule has 0 radical (unpaired) electrons. The predicted molar refractivity (Wildman–Crippen MR) is 96.9 cm³/mol. The molecule has 2 aromatic rings. The smallest absolute Gasteiger partial charge is 0.387 e. The number of ether oxygens (including phenoxy) is 2. The zero-order valence-corrected chi connectivity index (χ0v) is 14.9. The summed E-state index contributed by atoms with van der Waals surface area (Å²) in [6.07, 6.45) is 3.99. The first-order chi connectivity index (χ1) is 12.6. The Balaban J connectivity index is 1.88. The predicted octanol–water partition coefficient (Wildman–Crippen LogP) is 2.85. The second-order valence-electron chi connectivity index (χ2n) is 5.37. The van der Waals surface area contributed by atoms with Crippen molar-refractivity contribution in [3.05, 3.63) is 48.3 Å². The normalized spacial score (nSPS) is 11.5. The van der Waals surface area contributed by atoms with Gasteiger partial charge in [-0.3, -0.25) is 4.99 Å². The Hall–Kier alpha value is -2.77. The number of guanidine groups is 1. The van der Waals surface area contributed by atoms with Gasteiger partial charge in [-0.25, -0.2) is 0 Å². The van der Waals surface area contributed by atoms with Crippen molar-refractivity contribution in [2.45, 2.75) is 26.6 Å². The van der Waals surface area contributed by atoms with Gasteiger partial charge < -0.3 is 24.7 Å². The van der Waals surface area contributed by atoms with Crippen molar-refractivity contribution in [1.29, 1.82) is 0 Å². The average Bonchev–Trinajstić information content (AvgIpc) is 3.13. The minimum absolute atomic E-state index is 0.0276. The number of aromatic nitrogens is 1. The molecule has 1 heterocycles. The molecule has 0 aliphatic rings. The van der Waals surface area contributed by atoms with E-state index in [1.165, 1.54) is 6.07 Å². The van der Waals surface area contributed by atoms with Crippen LogP contribution in [0.2, 0.25) is 0 Å². The number of alkyl halides is 2. The van der Waals surface area contributed by atoms with Crippen LogP contribution in [0.3, 0.4) is 0 Å². The standard InChI is InChI=1S/C18H24F2N4O2/c1-3-25-16-12-14(6-7-15(16)26-17(19)20)13-23-18(21-2)22-8-11-24-9-4-5-10-24/h4-7,9-10,12,17H,3,8,11,13H2,1-2H3,(H2,21,22,23). The molecule has 2 N–H and O–H groups in total. The maximum Gasteiger partial charge on any atom is 0.387 e. The Bertz CT molecular complexity index is 691. The second kappa shape index (κ2) is 10.3. The molecule has 1 aromatic carbocycles. The fourth-order valence-electron chi connectivity index (χ4n) is 2.35. The van der Waals surface area contributed by atoms with E-state index in [2.05, 4.69) is 24.9 Å². The molecule has 0 saturated carbocycles. The van der Waals surface area contributed by atoms with Crippen LogP contribution in [-0.4, -0.2) is 37.3 Å². The van der Waals surface area contributed by atoms with Crippen molar-refractivity contribution >= 4 is 5.96 Å². The van der Waals surface area contributed by atoms with Gasteiger partial charge in [0.05, 0.1) is 6.61 Å². The van der Waals surface area contributed by atoms with Gasteiger partial charge >= 0.3 is 6.61 Å². The highest BCUT2D eigenvalue weighted by Gasteiger charge is 2.11. The van der Waals surface area contributed by atoms with Crippen LogP contribution in [0, 0.1) is 0 Å². The van der Waals surface area contributed by atoms with Crippen LogP contribution in [0.4, 0.5) is 8.78 Å². The van der Waals surface area contributed by atoms with Gasteiger partial charge in [0.1, 0.15) is 0 Å². The first-order valence-corrected chi connectivity index (χ1v) is 8.38. The fourth-order valence-corrected chi connectivity index (χ4v) is 2.35. The molecule has 8 heteroatoms. The molecule has 0 spiro atoms.